The highest BCUT2D eigenvalue weighted by molar-refractivity contribution is 6.31. The van der Waals surface area contributed by atoms with E-state index >= 15 is 0 Å². The first-order valence-corrected chi connectivity index (χ1v) is 13.6. The van der Waals surface area contributed by atoms with E-state index in [9.17, 15) is 18.4 Å². The van der Waals surface area contributed by atoms with Gasteiger partial charge in [-0.15, -0.1) is 5.10 Å². The third-order valence-corrected chi connectivity index (χ3v) is 7.58. The summed E-state index contributed by atoms with van der Waals surface area (Å²) in [5.41, 5.74) is 2.65. The standard InChI is InChI=1S/C28H24ClF2N9O2/c1-16-4-2-7-23(17-5-3-6-18(10-17)26-22(35-27(16)42)13-34-40(26)28(30)31)38-14-32-21(12-25(38)41)20-11-19(29)8-9-24(20)39-15-33-36-37-39/h3,5-6,8-16,23,28H,2,4,7H2,1H3,(H,35,42)/t16-,23+/m1/s1. The van der Waals surface area contributed by atoms with Crippen LogP contribution in [0.5, 0.6) is 0 Å². The number of fused-ring (bicyclic) bond motifs is 4. The van der Waals surface area contributed by atoms with Gasteiger partial charge < -0.3 is 5.32 Å². The summed E-state index contributed by atoms with van der Waals surface area (Å²) in [7, 11) is 0. The Hall–Kier alpha value is -4.78. The van der Waals surface area contributed by atoms with Crippen LogP contribution in [0.25, 0.3) is 28.2 Å². The summed E-state index contributed by atoms with van der Waals surface area (Å²) in [5.74, 6) is -0.683. The SMILES string of the molecule is C[C@@H]1CCC[C@H](n2cnc(-c3cc(Cl)ccc3-n3cnnn3)cc2=O)c2cccc(c2)-c2c(cnn2C(F)F)NC1=O. The van der Waals surface area contributed by atoms with Gasteiger partial charge in [-0.05, 0) is 53.1 Å². The van der Waals surface area contributed by atoms with Crippen molar-refractivity contribution in [3.63, 3.8) is 0 Å². The van der Waals surface area contributed by atoms with Gasteiger partial charge in [-0.25, -0.2) is 9.67 Å². The zero-order valence-corrected chi connectivity index (χ0v) is 23.0. The Bertz CT molecular complexity index is 1820. The quantitative estimate of drug-likeness (QED) is 0.306. The number of nitrogens with zero attached hydrogens (tertiary/aromatic N) is 8. The number of hydrogen-bond acceptors (Lipinski definition) is 7. The molecule has 6 rings (SSSR count). The molecule has 0 aliphatic carbocycles. The van der Waals surface area contributed by atoms with Gasteiger partial charge >= 0.3 is 6.55 Å². The van der Waals surface area contributed by atoms with Crippen molar-refractivity contribution >= 4 is 23.2 Å². The van der Waals surface area contributed by atoms with Gasteiger partial charge in [0.15, 0.2) is 0 Å². The van der Waals surface area contributed by atoms with Crippen LogP contribution < -0.4 is 10.9 Å². The Balaban J connectivity index is 1.45. The molecule has 0 radical (unpaired) electrons. The van der Waals surface area contributed by atoms with Crippen molar-refractivity contribution in [2.45, 2.75) is 38.8 Å². The van der Waals surface area contributed by atoms with E-state index < -0.39 is 18.5 Å². The molecule has 0 spiro atoms. The van der Waals surface area contributed by atoms with Gasteiger partial charge in [0.25, 0.3) is 5.56 Å². The van der Waals surface area contributed by atoms with Crippen LogP contribution >= 0.6 is 11.6 Å². The number of aromatic nitrogens is 8. The Morgan fingerprint density at radius 3 is 2.69 bits per heavy atom. The normalized spacial score (nSPS) is 17.3. The number of carbonyl (C=O) groups is 1. The summed E-state index contributed by atoms with van der Waals surface area (Å²) in [4.78, 5) is 31.1. The van der Waals surface area contributed by atoms with Gasteiger partial charge in [0.1, 0.15) is 6.33 Å². The molecule has 5 aromatic rings. The topological polar surface area (TPSA) is 125 Å². The Morgan fingerprint density at radius 2 is 1.93 bits per heavy atom. The highest BCUT2D eigenvalue weighted by atomic mass is 35.5. The highest BCUT2D eigenvalue weighted by Gasteiger charge is 2.25. The maximum Gasteiger partial charge on any atom is 0.333 e. The molecule has 214 valence electrons. The predicted molar refractivity (Wildman–Crippen MR) is 150 cm³/mol. The molecule has 2 atom stereocenters. The van der Waals surface area contributed by atoms with Crippen LogP contribution in [0.1, 0.15) is 44.3 Å². The molecule has 1 amide bonds. The number of anilines is 1. The Morgan fingerprint density at radius 1 is 1.07 bits per heavy atom. The summed E-state index contributed by atoms with van der Waals surface area (Å²) in [6.45, 7) is -1.14. The van der Waals surface area contributed by atoms with Gasteiger partial charge in [-0.1, -0.05) is 43.1 Å². The van der Waals surface area contributed by atoms with Gasteiger partial charge in [0.05, 0.1) is 41.3 Å². The van der Waals surface area contributed by atoms with Crippen LogP contribution in [0.3, 0.4) is 0 Å². The molecule has 0 saturated carbocycles. The van der Waals surface area contributed by atoms with Crippen LogP contribution in [-0.2, 0) is 4.79 Å². The monoisotopic (exact) mass is 591 g/mol. The zero-order chi connectivity index (χ0) is 29.4. The molecule has 2 aromatic carbocycles. The van der Waals surface area contributed by atoms with Crippen molar-refractivity contribution in [3.05, 3.63) is 88.3 Å². The second-order valence-corrected chi connectivity index (χ2v) is 10.5. The largest absolute Gasteiger partial charge is 0.333 e. The lowest BCUT2D eigenvalue weighted by Crippen LogP contribution is -2.26. The summed E-state index contributed by atoms with van der Waals surface area (Å²) in [5, 5.41) is 18.3. The molecule has 4 heterocycles. The Labute approximate surface area is 242 Å². The first-order chi connectivity index (χ1) is 20.3. The number of carbonyl (C=O) groups excluding carboxylic acids is 1. The van der Waals surface area contributed by atoms with Crippen molar-refractivity contribution < 1.29 is 13.6 Å². The van der Waals surface area contributed by atoms with E-state index in [1.165, 1.54) is 34.2 Å². The first-order valence-electron chi connectivity index (χ1n) is 13.2. The van der Waals surface area contributed by atoms with Crippen LogP contribution in [0.4, 0.5) is 14.5 Å². The fourth-order valence-electron chi connectivity index (χ4n) is 5.23. The second-order valence-electron chi connectivity index (χ2n) is 10.0. The molecule has 3 aromatic heterocycles. The summed E-state index contributed by atoms with van der Waals surface area (Å²) < 4.78 is 31.4. The average Bonchev–Trinajstić information content (AvgIpc) is 3.66. The van der Waals surface area contributed by atoms with E-state index in [0.29, 0.717) is 51.5 Å². The van der Waals surface area contributed by atoms with Crippen LogP contribution in [-0.4, -0.2) is 45.4 Å². The molecule has 11 nitrogen and oxygen atoms in total. The van der Waals surface area contributed by atoms with Crippen molar-refractivity contribution in [1.82, 2.24) is 39.5 Å². The van der Waals surface area contributed by atoms with Crippen molar-refractivity contribution in [3.8, 4) is 28.2 Å². The number of nitrogens with one attached hydrogen (secondary N) is 1. The number of halogens is 3. The summed E-state index contributed by atoms with van der Waals surface area (Å²) in [6.07, 6.45) is 5.79. The van der Waals surface area contributed by atoms with Gasteiger partial charge in [-0.3, -0.25) is 14.2 Å². The lowest BCUT2D eigenvalue weighted by atomic mass is 9.94. The van der Waals surface area contributed by atoms with Crippen LogP contribution in [0.15, 0.2) is 72.2 Å². The molecule has 1 N–H and O–H groups in total. The molecule has 2 bridgehead atoms. The van der Waals surface area contributed by atoms with Gasteiger partial charge in [0.2, 0.25) is 5.91 Å². The van der Waals surface area contributed by atoms with E-state index in [2.05, 4.69) is 30.9 Å². The van der Waals surface area contributed by atoms with E-state index in [1.807, 2.05) is 6.07 Å². The minimum Gasteiger partial charge on any atom is -0.323 e. The minimum absolute atomic E-state index is 0.0867. The van der Waals surface area contributed by atoms with Crippen LogP contribution in [0, 0.1) is 5.92 Å². The Kier molecular flexibility index (Phi) is 7.33. The summed E-state index contributed by atoms with van der Waals surface area (Å²) in [6, 6.07) is 13.0. The maximum atomic E-state index is 13.9. The molecule has 0 saturated heterocycles. The second kappa shape index (κ2) is 11.2. The third-order valence-electron chi connectivity index (χ3n) is 7.35. The van der Waals surface area contributed by atoms with Crippen molar-refractivity contribution in [2.75, 3.05) is 5.32 Å². The minimum atomic E-state index is -2.92. The number of tetrazole rings is 1. The van der Waals surface area contributed by atoms with Gasteiger partial charge in [0, 0.05) is 28.1 Å². The maximum absolute atomic E-state index is 13.9. The molecular formula is C28H24ClF2N9O2. The van der Waals surface area contributed by atoms with E-state index in [1.54, 1.807) is 43.3 Å². The van der Waals surface area contributed by atoms with E-state index in [-0.39, 0.29) is 22.8 Å². The fraction of sp³-hybridized carbons (Fsp3) is 0.250. The highest BCUT2D eigenvalue weighted by Crippen LogP contribution is 2.35. The van der Waals surface area contributed by atoms with E-state index in [0.717, 1.165) is 5.56 Å². The summed E-state index contributed by atoms with van der Waals surface area (Å²) >= 11 is 6.27. The fourth-order valence-corrected chi connectivity index (χ4v) is 5.40. The first kappa shape index (κ1) is 27.4. The number of benzene rings is 2. The van der Waals surface area contributed by atoms with Crippen molar-refractivity contribution in [2.24, 2.45) is 5.92 Å². The van der Waals surface area contributed by atoms with Crippen LogP contribution in [0.2, 0.25) is 5.02 Å². The van der Waals surface area contributed by atoms with E-state index in [4.69, 9.17) is 11.6 Å². The molecule has 14 heteroatoms. The van der Waals surface area contributed by atoms with Crippen molar-refractivity contribution in [1.29, 1.82) is 0 Å². The smallest absolute Gasteiger partial charge is 0.323 e. The van der Waals surface area contributed by atoms with Gasteiger partial charge in [-0.2, -0.15) is 18.6 Å². The number of rotatable bonds is 4. The lowest BCUT2D eigenvalue weighted by Gasteiger charge is -2.23. The third kappa shape index (κ3) is 5.18. The molecule has 1 aliphatic heterocycles. The number of amides is 1. The molecule has 1 aliphatic rings. The lowest BCUT2D eigenvalue weighted by molar-refractivity contribution is -0.119. The molecule has 42 heavy (non-hydrogen) atoms. The molecule has 0 fully saturated rings. The molecular weight excluding hydrogens is 568 g/mol. The average molecular weight is 592 g/mol. The molecule has 0 unspecified atom stereocenters. The predicted octanol–water partition coefficient (Wildman–Crippen LogP) is 5.15. The number of hydrogen-bond donors (Lipinski definition) is 1. The zero-order valence-electron chi connectivity index (χ0n) is 22.2. The number of alkyl halides is 2.